The Morgan fingerprint density at radius 2 is 2.04 bits per heavy atom. The number of nitrogens with zero attached hydrogens (tertiary/aromatic N) is 5. The van der Waals surface area contributed by atoms with Gasteiger partial charge in [0.2, 0.25) is 5.91 Å². The summed E-state index contributed by atoms with van der Waals surface area (Å²) in [5.41, 5.74) is 1.96. The first-order chi connectivity index (χ1) is 12.1. The number of hydrogen-bond donors (Lipinski definition) is 1. The summed E-state index contributed by atoms with van der Waals surface area (Å²) >= 11 is 0. The van der Waals surface area contributed by atoms with Crippen LogP contribution >= 0.6 is 0 Å². The van der Waals surface area contributed by atoms with Gasteiger partial charge in [0, 0.05) is 56.5 Å². The van der Waals surface area contributed by atoms with E-state index in [0.29, 0.717) is 32.6 Å². The molecule has 0 spiro atoms. The first-order valence-corrected chi connectivity index (χ1v) is 8.40. The lowest BCUT2D eigenvalue weighted by Crippen LogP contribution is -2.38. The van der Waals surface area contributed by atoms with Crippen LogP contribution in [-0.2, 0) is 17.8 Å². The van der Waals surface area contributed by atoms with E-state index in [0.717, 1.165) is 11.3 Å². The van der Waals surface area contributed by atoms with Crippen molar-refractivity contribution in [2.45, 2.75) is 19.1 Å². The van der Waals surface area contributed by atoms with Crippen molar-refractivity contribution in [2.75, 3.05) is 26.7 Å². The summed E-state index contributed by atoms with van der Waals surface area (Å²) in [4.78, 5) is 28.5. The Labute approximate surface area is 147 Å². The molecule has 1 saturated heterocycles. The number of rotatable bonds is 6. The fraction of sp³-hybridized carbons (Fsp3) is 0.444. The van der Waals surface area contributed by atoms with Crippen molar-refractivity contribution in [3.8, 4) is 0 Å². The quantitative estimate of drug-likeness (QED) is 0.817. The van der Waals surface area contributed by atoms with Gasteiger partial charge in [0.05, 0.1) is 18.3 Å². The van der Waals surface area contributed by atoms with Crippen molar-refractivity contribution >= 4 is 5.91 Å². The number of carbonyl (C=O) groups is 1. The summed E-state index contributed by atoms with van der Waals surface area (Å²) in [7, 11) is 1.92. The molecule has 1 amide bonds. The van der Waals surface area contributed by atoms with E-state index in [1.807, 2.05) is 24.1 Å². The standard InChI is InChI=1S/C18H23N5O2/c1-22(10-14-2-4-19-5-3-14)13-18(25)23-11-15(17(24)12-23)8-16-9-20-6-7-21-16/h2-7,9,15,17,24H,8,10-13H2,1H3/t15-,17-/m1/s1. The van der Waals surface area contributed by atoms with Gasteiger partial charge in [-0.3, -0.25) is 24.6 Å². The molecule has 0 unspecified atom stereocenters. The first-order valence-electron chi connectivity index (χ1n) is 8.40. The maximum absolute atomic E-state index is 12.5. The molecule has 0 bridgehead atoms. The van der Waals surface area contributed by atoms with Gasteiger partial charge < -0.3 is 10.0 Å². The molecule has 1 fully saturated rings. The lowest BCUT2D eigenvalue weighted by atomic mass is 10.0. The van der Waals surface area contributed by atoms with E-state index in [1.165, 1.54) is 0 Å². The maximum Gasteiger partial charge on any atom is 0.236 e. The zero-order chi connectivity index (χ0) is 17.6. The highest BCUT2D eigenvalue weighted by Gasteiger charge is 2.34. The van der Waals surface area contributed by atoms with E-state index in [-0.39, 0.29) is 11.8 Å². The third-order valence-electron chi connectivity index (χ3n) is 4.45. The number of aromatic nitrogens is 3. The van der Waals surface area contributed by atoms with Gasteiger partial charge in [0.25, 0.3) is 0 Å². The van der Waals surface area contributed by atoms with Crippen molar-refractivity contribution in [2.24, 2.45) is 5.92 Å². The van der Waals surface area contributed by atoms with Crippen LogP contribution in [0.3, 0.4) is 0 Å². The minimum Gasteiger partial charge on any atom is -0.391 e. The lowest BCUT2D eigenvalue weighted by Gasteiger charge is -2.21. The zero-order valence-corrected chi connectivity index (χ0v) is 14.3. The van der Waals surface area contributed by atoms with Crippen LogP contribution < -0.4 is 0 Å². The van der Waals surface area contributed by atoms with Gasteiger partial charge in [-0.2, -0.15) is 0 Å². The van der Waals surface area contributed by atoms with E-state index in [9.17, 15) is 9.90 Å². The average Bonchev–Trinajstić information content (AvgIpc) is 2.97. The molecule has 7 heteroatoms. The number of likely N-dealkylation sites (tertiary alicyclic amines) is 1. The molecule has 2 aromatic heterocycles. The number of carbonyl (C=O) groups excluding carboxylic acids is 1. The summed E-state index contributed by atoms with van der Waals surface area (Å²) in [5.74, 6) is 0.0448. The van der Waals surface area contributed by atoms with Crippen LogP contribution in [0.1, 0.15) is 11.3 Å². The molecule has 2 atom stereocenters. The molecule has 0 aromatic carbocycles. The molecule has 0 aliphatic carbocycles. The summed E-state index contributed by atoms with van der Waals surface area (Å²) in [6.45, 7) is 1.95. The minimum atomic E-state index is -0.517. The molecule has 132 valence electrons. The molecule has 1 aliphatic rings. The number of β-amino-alcohol motifs (C(OH)–C–C–N with tert-alkyl or cyclic N) is 1. The van der Waals surface area contributed by atoms with Gasteiger partial charge in [0.1, 0.15) is 0 Å². The van der Waals surface area contributed by atoms with Crippen LogP contribution in [0.15, 0.2) is 43.1 Å². The second-order valence-corrected chi connectivity index (χ2v) is 6.55. The number of likely N-dealkylation sites (N-methyl/N-ethyl adjacent to an activating group) is 1. The predicted octanol–water partition coefficient (Wildman–Crippen LogP) is 0.365. The number of amides is 1. The van der Waals surface area contributed by atoms with Crippen LogP contribution in [0.25, 0.3) is 0 Å². The van der Waals surface area contributed by atoms with Crippen LogP contribution in [0.4, 0.5) is 0 Å². The molecule has 0 radical (unpaired) electrons. The molecule has 3 rings (SSSR count). The minimum absolute atomic E-state index is 0.00570. The monoisotopic (exact) mass is 341 g/mol. The largest absolute Gasteiger partial charge is 0.391 e. The van der Waals surface area contributed by atoms with Crippen LogP contribution in [0.2, 0.25) is 0 Å². The SMILES string of the molecule is CN(CC(=O)N1C[C@@H](Cc2cnccn2)[C@H](O)C1)Cc1ccncc1. The fourth-order valence-electron chi connectivity index (χ4n) is 3.15. The van der Waals surface area contributed by atoms with E-state index < -0.39 is 6.10 Å². The normalized spacial score (nSPS) is 20.2. The molecular formula is C18H23N5O2. The van der Waals surface area contributed by atoms with Crippen molar-refractivity contribution in [3.05, 3.63) is 54.4 Å². The lowest BCUT2D eigenvalue weighted by molar-refractivity contribution is -0.131. The van der Waals surface area contributed by atoms with Crippen molar-refractivity contribution in [1.82, 2.24) is 24.8 Å². The van der Waals surface area contributed by atoms with Crippen LogP contribution in [0.5, 0.6) is 0 Å². The van der Waals surface area contributed by atoms with E-state index in [1.54, 1.807) is 35.9 Å². The molecule has 0 saturated carbocycles. The summed E-state index contributed by atoms with van der Waals surface area (Å²) in [5, 5.41) is 10.3. The van der Waals surface area contributed by atoms with Crippen molar-refractivity contribution < 1.29 is 9.90 Å². The van der Waals surface area contributed by atoms with Gasteiger partial charge in [-0.25, -0.2) is 0 Å². The molecule has 1 N–H and O–H groups in total. The van der Waals surface area contributed by atoms with E-state index in [2.05, 4.69) is 15.0 Å². The third kappa shape index (κ3) is 4.80. The Morgan fingerprint density at radius 3 is 2.76 bits per heavy atom. The Hall–Kier alpha value is -2.38. The van der Waals surface area contributed by atoms with Crippen molar-refractivity contribution in [3.63, 3.8) is 0 Å². The van der Waals surface area contributed by atoms with Gasteiger partial charge in [-0.15, -0.1) is 0 Å². The molecule has 1 aliphatic heterocycles. The average molecular weight is 341 g/mol. The third-order valence-corrected chi connectivity index (χ3v) is 4.45. The second kappa shape index (κ2) is 8.13. The summed E-state index contributed by atoms with van der Waals surface area (Å²) in [6, 6.07) is 3.88. The Balaban J connectivity index is 1.51. The Morgan fingerprint density at radius 1 is 1.24 bits per heavy atom. The fourth-order valence-corrected chi connectivity index (χ4v) is 3.15. The highest BCUT2D eigenvalue weighted by atomic mass is 16.3. The summed E-state index contributed by atoms with van der Waals surface area (Å²) < 4.78 is 0. The van der Waals surface area contributed by atoms with E-state index >= 15 is 0 Å². The first kappa shape index (κ1) is 17.4. The predicted molar refractivity (Wildman–Crippen MR) is 92.4 cm³/mol. The molecule has 2 aromatic rings. The molecule has 25 heavy (non-hydrogen) atoms. The second-order valence-electron chi connectivity index (χ2n) is 6.55. The smallest absolute Gasteiger partial charge is 0.236 e. The Bertz CT molecular complexity index is 682. The number of pyridine rings is 1. The topological polar surface area (TPSA) is 82.5 Å². The van der Waals surface area contributed by atoms with Gasteiger partial charge in [-0.1, -0.05) is 0 Å². The van der Waals surface area contributed by atoms with Crippen LogP contribution in [-0.4, -0.2) is 68.6 Å². The molecule has 3 heterocycles. The van der Waals surface area contributed by atoms with Gasteiger partial charge >= 0.3 is 0 Å². The summed E-state index contributed by atoms with van der Waals surface area (Å²) in [6.07, 6.45) is 8.59. The highest BCUT2D eigenvalue weighted by molar-refractivity contribution is 5.78. The van der Waals surface area contributed by atoms with Crippen molar-refractivity contribution in [1.29, 1.82) is 0 Å². The number of hydrogen-bond acceptors (Lipinski definition) is 6. The van der Waals surface area contributed by atoms with E-state index in [4.69, 9.17) is 0 Å². The van der Waals surface area contributed by atoms with Crippen LogP contribution in [0, 0.1) is 5.92 Å². The number of aliphatic hydroxyl groups excluding tert-OH is 1. The molecular weight excluding hydrogens is 318 g/mol. The van der Waals surface area contributed by atoms with Gasteiger partial charge in [0.15, 0.2) is 0 Å². The number of aliphatic hydroxyl groups is 1. The highest BCUT2D eigenvalue weighted by Crippen LogP contribution is 2.21. The molecule has 7 nitrogen and oxygen atoms in total. The Kier molecular flexibility index (Phi) is 5.67. The maximum atomic E-state index is 12.5. The zero-order valence-electron chi connectivity index (χ0n) is 14.3. The van der Waals surface area contributed by atoms with Gasteiger partial charge in [-0.05, 0) is 31.2 Å².